The summed E-state index contributed by atoms with van der Waals surface area (Å²) in [5.41, 5.74) is 8.61. The smallest absolute Gasteiger partial charge is 0.0580 e. The van der Waals surface area contributed by atoms with Crippen molar-refractivity contribution < 1.29 is 0 Å². The van der Waals surface area contributed by atoms with Gasteiger partial charge in [-0.05, 0) is 36.1 Å². The lowest BCUT2D eigenvalue weighted by atomic mass is 10.1. The number of hydrogen-bond donors (Lipinski definition) is 1. The molecule has 4 heteroatoms. The Morgan fingerprint density at radius 1 is 1.25 bits per heavy atom. The van der Waals surface area contributed by atoms with E-state index < -0.39 is 0 Å². The monoisotopic (exact) mass is 250 g/mol. The molecule has 0 saturated heterocycles. The van der Waals surface area contributed by atoms with Crippen molar-refractivity contribution in [3.63, 3.8) is 0 Å². The highest BCUT2D eigenvalue weighted by Gasteiger charge is 2.08. The molecule has 1 aromatic carbocycles. The van der Waals surface area contributed by atoms with Crippen LogP contribution in [-0.2, 0) is 0 Å². The number of aromatic nitrogens is 1. The van der Waals surface area contributed by atoms with Crippen molar-refractivity contribution in [3.8, 4) is 11.1 Å². The van der Waals surface area contributed by atoms with E-state index in [9.17, 15) is 0 Å². The molecule has 0 fully saturated rings. The van der Waals surface area contributed by atoms with Gasteiger partial charge in [0.2, 0.25) is 0 Å². The molecule has 1 heterocycles. The Labute approximate surface area is 104 Å². The van der Waals surface area contributed by atoms with Gasteiger partial charge in [0.05, 0.1) is 11.9 Å². The third kappa shape index (κ3) is 2.15. The van der Waals surface area contributed by atoms with Gasteiger partial charge in [-0.2, -0.15) is 0 Å². The second-order valence-corrected chi connectivity index (χ2v) is 4.59. The number of benzene rings is 1. The van der Waals surface area contributed by atoms with Crippen molar-refractivity contribution in [2.45, 2.75) is 4.90 Å². The molecule has 1 aromatic heterocycles. The molecule has 2 aromatic rings. The Morgan fingerprint density at radius 3 is 2.75 bits per heavy atom. The summed E-state index contributed by atoms with van der Waals surface area (Å²) >= 11 is 7.68. The number of halogens is 1. The maximum atomic E-state index is 6.01. The first-order chi connectivity index (χ1) is 7.72. The Bertz CT molecular complexity index is 514. The van der Waals surface area contributed by atoms with Crippen LogP contribution in [0.2, 0.25) is 5.02 Å². The second kappa shape index (κ2) is 4.76. The zero-order chi connectivity index (χ0) is 11.5. The van der Waals surface area contributed by atoms with E-state index in [4.69, 9.17) is 17.3 Å². The summed E-state index contributed by atoms with van der Waals surface area (Å²) in [6, 6.07) is 7.72. The Kier molecular flexibility index (Phi) is 3.36. The minimum atomic E-state index is 0.667. The number of anilines is 1. The first-order valence-electron chi connectivity index (χ1n) is 4.76. The average molecular weight is 251 g/mol. The van der Waals surface area contributed by atoms with E-state index in [1.165, 1.54) is 0 Å². The summed E-state index contributed by atoms with van der Waals surface area (Å²) in [6.07, 6.45) is 5.42. The van der Waals surface area contributed by atoms with Crippen LogP contribution in [0.5, 0.6) is 0 Å². The molecular formula is C12H11ClN2S. The maximum Gasteiger partial charge on any atom is 0.0580 e. The van der Waals surface area contributed by atoms with Gasteiger partial charge in [0.1, 0.15) is 0 Å². The minimum Gasteiger partial charge on any atom is -0.397 e. The summed E-state index contributed by atoms with van der Waals surface area (Å²) in [4.78, 5) is 5.14. The summed E-state index contributed by atoms with van der Waals surface area (Å²) in [5.74, 6) is 0. The largest absolute Gasteiger partial charge is 0.397 e. The van der Waals surface area contributed by atoms with Crippen molar-refractivity contribution in [2.75, 3.05) is 12.0 Å². The van der Waals surface area contributed by atoms with Gasteiger partial charge in [0.25, 0.3) is 0 Å². The quantitative estimate of drug-likeness (QED) is 0.826. The van der Waals surface area contributed by atoms with Crippen molar-refractivity contribution in [1.82, 2.24) is 4.98 Å². The van der Waals surface area contributed by atoms with Gasteiger partial charge >= 0.3 is 0 Å². The fraction of sp³-hybridized carbons (Fsp3) is 0.0833. The molecule has 82 valence electrons. The van der Waals surface area contributed by atoms with Gasteiger partial charge in [0.15, 0.2) is 0 Å². The van der Waals surface area contributed by atoms with E-state index in [1.807, 2.05) is 30.5 Å². The lowest BCUT2D eigenvalue weighted by Gasteiger charge is -2.10. The number of nitrogens with two attached hydrogens (primary N) is 1. The lowest BCUT2D eigenvalue weighted by Crippen LogP contribution is -1.92. The molecule has 2 rings (SSSR count). The molecule has 0 aliphatic heterocycles. The first kappa shape index (κ1) is 11.3. The van der Waals surface area contributed by atoms with E-state index in [2.05, 4.69) is 4.98 Å². The third-order valence-electron chi connectivity index (χ3n) is 2.30. The Morgan fingerprint density at radius 2 is 2.06 bits per heavy atom. The fourth-order valence-corrected chi connectivity index (χ4v) is 2.31. The number of rotatable bonds is 2. The lowest BCUT2D eigenvalue weighted by molar-refractivity contribution is 1.32. The molecule has 2 nitrogen and oxygen atoms in total. The molecule has 16 heavy (non-hydrogen) atoms. The van der Waals surface area contributed by atoms with Crippen LogP contribution in [0.1, 0.15) is 0 Å². The van der Waals surface area contributed by atoms with E-state index in [0.717, 1.165) is 16.0 Å². The van der Waals surface area contributed by atoms with Crippen molar-refractivity contribution in [1.29, 1.82) is 0 Å². The summed E-state index contributed by atoms with van der Waals surface area (Å²) in [6.45, 7) is 0. The summed E-state index contributed by atoms with van der Waals surface area (Å²) in [5, 5.41) is 0.712. The van der Waals surface area contributed by atoms with Gasteiger partial charge in [-0.15, -0.1) is 11.8 Å². The number of thioether (sulfide) groups is 1. The molecular weight excluding hydrogens is 240 g/mol. The predicted octanol–water partition coefficient (Wildman–Crippen LogP) is 3.71. The molecule has 0 aliphatic carbocycles. The van der Waals surface area contributed by atoms with Crippen LogP contribution in [0.3, 0.4) is 0 Å². The van der Waals surface area contributed by atoms with E-state index in [0.29, 0.717) is 10.7 Å². The van der Waals surface area contributed by atoms with Gasteiger partial charge < -0.3 is 5.73 Å². The molecule has 0 spiro atoms. The number of hydrogen-bond acceptors (Lipinski definition) is 3. The average Bonchev–Trinajstić information content (AvgIpc) is 2.29. The molecule has 0 atom stereocenters. The number of pyridine rings is 1. The number of nitrogen functional groups attached to an aromatic ring is 1. The zero-order valence-electron chi connectivity index (χ0n) is 8.77. The van der Waals surface area contributed by atoms with E-state index >= 15 is 0 Å². The van der Waals surface area contributed by atoms with Crippen LogP contribution in [-0.4, -0.2) is 11.2 Å². The van der Waals surface area contributed by atoms with Crippen molar-refractivity contribution >= 4 is 29.1 Å². The Balaban J connectivity index is 2.63. The molecule has 0 saturated carbocycles. The van der Waals surface area contributed by atoms with Gasteiger partial charge in [-0.3, -0.25) is 4.98 Å². The fourth-order valence-electron chi connectivity index (χ4n) is 1.54. The van der Waals surface area contributed by atoms with Crippen LogP contribution in [0.15, 0.2) is 41.6 Å². The molecule has 2 N–H and O–H groups in total. The van der Waals surface area contributed by atoms with Crippen LogP contribution in [0, 0.1) is 0 Å². The Hall–Kier alpha value is -1.19. The highest BCUT2D eigenvalue weighted by Crippen LogP contribution is 2.34. The molecule has 0 amide bonds. The molecule has 0 bridgehead atoms. The zero-order valence-corrected chi connectivity index (χ0v) is 10.3. The standard InChI is InChI=1S/C12H11ClN2S/c1-16-12-3-2-8(13)6-10(12)9-4-5-15-7-11(9)14/h2-7H,14H2,1H3. The normalized spacial score (nSPS) is 10.4. The van der Waals surface area contributed by atoms with Crippen molar-refractivity contribution in [2.24, 2.45) is 0 Å². The van der Waals surface area contributed by atoms with E-state index in [-0.39, 0.29) is 0 Å². The van der Waals surface area contributed by atoms with Gasteiger partial charge in [0, 0.05) is 21.7 Å². The van der Waals surface area contributed by atoms with Crippen LogP contribution in [0.4, 0.5) is 5.69 Å². The maximum absolute atomic E-state index is 6.01. The van der Waals surface area contributed by atoms with Crippen LogP contribution < -0.4 is 5.73 Å². The summed E-state index contributed by atoms with van der Waals surface area (Å²) < 4.78 is 0. The van der Waals surface area contributed by atoms with Crippen molar-refractivity contribution in [3.05, 3.63) is 41.7 Å². The predicted molar refractivity (Wildman–Crippen MR) is 70.9 cm³/mol. The highest BCUT2D eigenvalue weighted by atomic mass is 35.5. The summed E-state index contributed by atoms with van der Waals surface area (Å²) in [7, 11) is 0. The van der Waals surface area contributed by atoms with Gasteiger partial charge in [-0.25, -0.2) is 0 Å². The van der Waals surface area contributed by atoms with E-state index in [1.54, 1.807) is 24.2 Å². The van der Waals surface area contributed by atoms with Crippen LogP contribution in [0.25, 0.3) is 11.1 Å². The number of nitrogens with zero attached hydrogens (tertiary/aromatic N) is 1. The topological polar surface area (TPSA) is 38.9 Å². The van der Waals surface area contributed by atoms with Crippen LogP contribution >= 0.6 is 23.4 Å². The molecule has 0 radical (unpaired) electrons. The molecule has 0 aliphatic rings. The van der Waals surface area contributed by atoms with Gasteiger partial charge in [-0.1, -0.05) is 11.6 Å². The highest BCUT2D eigenvalue weighted by molar-refractivity contribution is 7.98. The third-order valence-corrected chi connectivity index (χ3v) is 3.33. The first-order valence-corrected chi connectivity index (χ1v) is 6.36. The SMILES string of the molecule is CSc1ccc(Cl)cc1-c1ccncc1N. The molecule has 0 unspecified atom stereocenters. The second-order valence-electron chi connectivity index (χ2n) is 3.31. The minimum absolute atomic E-state index is 0.667.